The van der Waals surface area contributed by atoms with E-state index in [1.165, 1.54) is 18.4 Å². The first-order valence-electron chi connectivity index (χ1n) is 9.15. The van der Waals surface area contributed by atoms with Crippen molar-refractivity contribution in [1.29, 1.82) is 0 Å². The van der Waals surface area contributed by atoms with Crippen molar-refractivity contribution in [3.05, 3.63) is 28.3 Å². The maximum atomic E-state index is 12.4. The van der Waals surface area contributed by atoms with Crippen LogP contribution in [0.3, 0.4) is 0 Å². The molecule has 1 aliphatic carbocycles. The molecule has 5 heteroatoms. The van der Waals surface area contributed by atoms with Crippen molar-refractivity contribution >= 4 is 17.7 Å². The molecule has 1 aromatic rings. The SMILES string of the molecule is CCN(CC)C(=O)Oc1ccc(C2CC2)c(Cl)c1C1CCNCC1. The molecule has 0 unspecified atom stereocenters. The Morgan fingerprint density at radius 2 is 1.83 bits per heavy atom. The molecule has 1 saturated heterocycles. The predicted molar refractivity (Wildman–Crippen MR) is 97.2 cm³/mol. The smallest absolute Gasteiger partial charge is 0.410 e. The van der Waals surface area contributed by atoms with Crippen molar-refractivity contribution in [2.75, 3.05) is 26.2 Å². The van der Waals surface area contributed by atoms with Gasteiger partial charge in [0.25, 0.3) is 0 Å². The molecule has 1 aliphatic heterocycles. The molecule has 2 aliphatic rings. The number of carbonyl (C=O) groups is 1. The highest BCUT2D eigenvalue weighted by molar-refractivity contribution is 6.32. The summed E-state index contributed by atoms with van der Waals surface area (Å²) >= 11 is 6.79. The van der Waals surface area contributed by atoms with E-state index in [4.69, 9.17) is 16.3 Å². The number of piperidine rings is 1. The highest BCUT2D eigenvalue weighted by Gasteiger charge is 2.31. The van der Waals surface area contributed by atoms with Gasteiger partial charge in [-0.05, 0) is 76.1 Å². The number of nitrogens with one attached hydrogen (secondary N) is 1. The fourth-order valence-electron chi connectivity index (χ4n) is 3.52. The quantitative estimate of drug-likeness (QED) is 0.848. The molecule has 3 rings (SSSR count). The molecular weight excluding hydrogens is 324 g/mol. The summed E-state index contributed by atoms with van der Waals surface area (Å²) in [5.41, 5.74) is 2.27. The van der Waals surface area contributed by atoms with E-state index >= 15 is 0 Å². The van der Waals surface area contributed by atoms with Gasteiger partial charge in [0.1, 0.15) is 5.75 Å². The Balaban J connectivity index is 1.92. The molecule has 1 heterocycles. The Hall–Kier alpha value is -1.26. The molecule has 1 saturated carbocycles. The van der Waals surface area contributed by atoms with E-state index in [0.717, 1.165) is 36.5 Å². The number of hydrogen-bond acceptors (Lipinski definition) is 3. The summed E-state index contributed by atoms with van der Waals surface area (Å²) in [7, 11) is 0. The van der Waals surface area contributed by atoms with Crippen molar-refractivity contribution in [1.82, 2.24) is 10.2 Å². The van der Waals surface area contributed by atoms with Crippen LogP contribution in [0, 0.1) is 0 Å². The third kappa shape index (κ3) is 3.70. The highest BCUT2D eigenvalue weighted by atomic mass is 35.5. The molecule has 0 radical (unpaired) electrons. The summed E-state index contributed by atoms with van der Waals surface area (Å²) in [6.07, 6.45) is 4.20. The third-order valence-electron chi connectivity index (χ3n) is 5.15. The summed E-state index contributed by atoms with van der Waals surface area (Å²) in [6.45, 7) is 7.18. The molecule has 1 N–H and O–H groups in total. The van der Waals surface area contributed by atoms with Gasteiger partial charge in [-0.15, -0.1) is 0 Å². The van der Waals surface area contributed by atoms with Crippen molar-refractivity contribution in [2.45, 2.75) is 51.4 Å². The summed E-state index contributed by atoms with van der Waals surface area (Å²) in [5, 5.41) is 4.22. The molecule has 0 atom stereocenters. The summed E-state index contributed by atoms with van der Waals surface area (Å²) in [4.78, 5) is 14.1. The Bertz CT molecular complexity index is 591. The highest BCUT2D eigenvalue weighted by Crippen LogP contribution is 2.48. The van der Waals surface area contributed by atoms with Crippen LogP contribution in [0.25, 0.3) is 0 Å². The summed E-state index contributed by atoms with van der Waals surface area (Å²) in [5.74, 6) is 1.59. The van der Waals surface area contributed by atoms with Gasteiger partial charge < -0.3 is 15.0 Å². The Kier molecular flexibility index (Phi) is 5.67. The number of ether oxygens (including phenoxy) is 1. The molecule has 1 aromatic carbocycles. The minimum absolute atomic E-state index is 0.287. The molecule has 0 aromatic heterocycles. The van der Waals surface area contributed by atoms with E-state index in [9.17, 15) is 4.79 Å². The van der Waals surface area contributed by atoms with Crippen LogP contribution in [-0.2, 0) is 0 Å². The van der Waals surface area contributed by atoms with E-state index in [2.05, 4.69) is 11.4 Å². The third-order valence-corrected chi connectivity index (χ3v) is 5.57. The lowest BCUT2D eigenvalue weighted by molar-refractivity contribution is 0.156. The largest absolute Gasteiger partial charge is 0.415 e. The molecular formula is C19H27ClN2O2. The minimum Gasteiger partial charge on any atom is -0.410 e. The first-order chi connectivity index (χ1) is 11.7. The number of hydrogen-bond donors (Lipinski definition) is 1. The summed E-state index contributed by atoms with van der Waals surface area (Å²) < 4.78 is 5.76. The molecule has 132 valence electrons. The zero-order valence-electron chi connectivity index (χ0n) is 14.6. The number of amides is 1. The van der Waals surface area contributed by atoms with E-state index in [0.29, 0.717) is 30.7 Å². The van der Waals surface area contributed by atoms with E-state index in [1.807, 2.05) is 19.9 Å². The van der Waals surface area contributed by atoms with Crippen LogP contribution < -0.4 is 10.1 Å². The van der Waals surface area contributed by atoms with Crippen LogP contribution in [0.5, 0.6) is 5.75 Å². The fraction of sp³-hybridized carbons (Fsp3) is 0.632. The predicted octanol–water partition coefficient (Wildman–Crippen LogP) is 4.53. The number of halogens is 1. The van der Waals surface area contributed by atoms with Crippen LogP contribution in [0.2, 0.25) is 5.02 Å². The second-order valence-electron chi connectivity index (χ2n) is 6.72. The van der Waals surface area contributed by atoms with Gasteiger partial charge >= 0.3 is 6.09 Å². The topological polar surface area (TPSA) is 41.6 Å². The minimum atomic E-state index is -0.287. The van der Waals surface area contributed by atoms with Crippen molar-refractivity contribution < 1.29 is 9.53 Å². The lowest BCUT2D eigenvalue weighted by atomic mass is 9.88. The van der Waals surface area contributed by atoms with Crippen LogP contribution in [0.15, 0.2) is 12.1 Å². The lowest BCUT2D eigenvalue weighted by Gasteiger charge is -2.27. The monoisotopic (exact) mass is 350 g/mol. The molecule has 1 amide bonds. The maximum Gasteiger partial charge on any atom is 0.415 e. The standard InChI is InChI=1S/C19H27ClN2O2/c1-3-22(4-2)19(23)24-16-8-7-15(13-5-6-13)18(20)17(16)14-9-11-21-12-10-14/h7-8,13-14,21H,3-6,9-12H2,1-2H3. The summed E-state index contributed by atoms with van der Waals surface area (Å²) in [6, 6.07) is 4.01. The van der Waals surface area contributed by atoms with Gasteiger partial charge in [0.2, 0.25) is 0 Å². The van der Waals surface area contributed by atoms with Crippen molar-refractivity contribution in [2.24, 2.45) is 0 Å². The van der Waals surface area contributed by atoms with Gasteiger partial charge in [-0.1, -0.05) is 17.7 Å². The zero-order valence-corrected chi connectivity index (χ0v) is 15.4. The van der Waals surface area contributed by atoms with Crippen molar-refractivity contribution in [3.8, 4) is 5.75 Å². The van der Waals surface area contributed by atoms with Gasteiger partial charge in [0.15, 0.2) is 0 Å². The van der Waals surface area contributed by atoms with Crippen molar-refractivity contribution in [3.63, 3.8) is 0 Å². The molecule has 4 nitrogen and oxygen atoms in total. The average molecular weight is 351 g/mol. The van der Waals surface area contributed by atoms with Crippen LogP contribution >= 0.6 is 11.6 Å². The van der Waals surface area contributed by atoms with Gasteiger partial charge in [-0.2, -0.15) is 0 Å². The number of rotatable bonds is 5. The van der Waals surface area contributed by atoms with Gasteiger partial charge in [0, 0.05) is 18.7 Å². The van der Waals surface area contributed by atoms with E-state index < -0.39 is 0 Å². The van der Waals surface area contributed by atoms with E-state index in [1.54, 1.807) is 4.90 Å². The van der Waals surface area contributed by atoms with Gasteiger partial charge in [0.05, 0.1) is 5.02 Å². The molecule has 0 bridgehead atoms. The van der Waals surface area contributed by atoms with E-state index in [-0.39, 0.29) is 6.09 Å². The van der Waals surface area contributed by atoms with Gasteiger partial charge in [-0.25, -0.2) is 4.79 Å². The van der Waals surface area contributed by atoms with Gasteiger partial charge in [-0.3, -0.25) is 0 Å². The van der Waals surface area contributed by atoms with Crippen LogP contribution in [-0.4, -0.2) is 37.2 Å². The first kappa shape index (κ1) is 17.6. The normalized spacial score (nSPS) is 18.5. The Morgan fingerprint density at radius 1 is 1.17 bits per heavy atom. The molecule has 0 spiro atoms. The number of benzene rings is 1. The van der Waals surface area contributed by atoms with Crippen LogP contribution in [0.1, 0.15) is 62.5 Å². The lowest BCUT2D eigenvalue weighted by Crippen LogP contribution is -2.33. The average Bonchev–Trinajstić information content (AvgIpc) is 3.42. The zero-order chi connectivity index (χ0) is 17.1. The first-order valence-corrected chi connectivity index (χ1v) is 9.53. The second kappa shape index (κ2) is 7.75. The van der Waals surface area contributed by atoms with Crippen LogP contribution in [0.4, 0.5) is 4.79 Å². The Morgan fingerprint density at radius 3 is 2.42 bits per heavy atom. The maximum absolute atomic E-state index is 12.4. The molecule has 2 fully saturated rings. The fourth-order valence-corrected chi connectivity index (χ4v) is 3.99. The molecule has 24 heavy (non-hydrogen) atoms. The number of nitrogens with zero attached hydrogens (tertiary/aromatic N) is 1. The Labute approximate surface area is 149 Å². The number of carbonyl (C=O) groups excluding carboxylic acids is 1. The second-order valence-corrected chi connectivity index (χ2v) is 7.10.